The second-order valence-electron chi connectivity index (χ2n) is 3.68. The molecule has 0 unspecified atom stereocenters. The molecular weight excluding hydrogens is 228 g/mol. The summed E-state index contributed by atoms with van der Waals surface area (Å²) in [5.41, 5.74) is 2.55. The second-order valence-corrected chi connectivity index (χ2v) is 3.68. The van der Waals surface area contributed by atoms with E-state index in [0.717, 1.165) is 13.0 Å². The zero-order valence-electron chi connectivity index (χ0n) is 8.94. The maximum Gasteiger partial charge on any atom is 0.105 e. The summed E-state index contributed by atoms with van der Waals surface area (Å²) in [7, 11) is 0. The van der Waals surface area contributed by atoms with Gasteiger partial charge < -0.3 is 15.9 Å². The predicted octanol–water partition coefficient (Wildman–Crippen LogP) is 1.10. The van der Waals surface area contributed by atoms with E-state index in [4.69, 9.17) is 0 Å². The van der Waals surface area contributed by atoms with Gasteiger partial charge in [-0.25, -0.2) is 4.99 Å². The molecule has 1 aromatic carbocycles. The Bertz CT molecular complexity index is 382. The SMILES string of the molecule is Cl.O.O.c1ccc2c(c1)CN1CCCC1=N2. The first kappa shape index (κ1) is 14.9. The Labute approximate surface area is 101 Å². The molecule has 0 bridgehead atoms. The minimum absolute atomic E-state index is 0. The van der Waals surface area contributed by atoms with Crippen molar-refractivity contribution in [2.24, 2.45) is 4.99 Å². The molecular formula is C11H17ClN2O2. The van der Waals surface area contributed by atoms with Gasteiger partial charge in [0.2, 0.25) is 0 Å². The molecule has 1 fully saturated rings. The molecule has 0 spiro atoms. The monoisotopic (exact) mass is 244 g/mol. The van der Waals surface area contributed by atoms with Gasteiger partial charge in [-0.3, -0.25) is 0 Å². The van der Waals surface area contributed by atoms with E-state index < -0.39 is 0 Å². The van der Waals surface area contributed by atoms with E-state index in [-0.39, 0.29) is 23.4 Å². The quantitative estimate of drug-likeness (QED) is 0.673. The zero-order valence-corrected chi connectivity index (χ0v) is 9.76. The summed E-state index contributed by atoms with van der Waals surface area (Å²) in [5, 5.41) is 0. The number of halogens is 1. The maximum absolute atomic E-state index is 4.65. The Morgan fingerprint density at radius 1 is 1.12 bits per heavy atom. The average molecular weight is 245 g/mol. The maximum atomic E-state index is 4.65. The lowest BCUT2D eigenvalue weighted by atomic mass is 10.1. The fourth-order valence-electron chi connectivity index (χ4n) is 2.11. The molecule has 3 rings (SSSR count). The van der Waals surface area contributed by atoms with E-state index in [1.165, 1.54) is 30.1 Å². The minimum Gasteiger partial charge on any atom is -0.412 e. The molecule has 2 heterocycles. The van der Waals surface area contributed by atoms with Gasteiger partial charge in [0, 0.05) is 19.5 Å². The third-order valence-electron chi connectivity index (χ3n) is 2.80. The van der Waals surface area contributed by atoms with Gasteiger partial charge in [0.15, 0.2) is 0 Å². The van der Waals surface area contributed by atoms with Gasteiger partial charge in [0.05, 0.1) is 5.69 Å². The van der Waals surface area contributed by atoms with Crippen molar-refractivity contribution < 1.29 is 11.0 Å². The summed E-state index contributed by atoms with van der Waals surface area (Å²) in [4.78, 5) is 7.04. The van der Waals surface area contributed by atoms with Crippen molar-refractivity contribution in [3.63, 3.8) is 0 Å². The fourth-order valence-corrected chi connectivity index (χ4v) is 2.11. The summed E-state index contributed by atoms with van der Waals surface area (Å²) in [5.74, 6) is 1.29. The molecule has 0 radical (unpaired) electrons. The van der Waals surface area contributed by atoms with Crippen LogP contribution in [0.5, 0.6) is 0 Å². The average Bonchev–Trinajstić information content (AvgIpc) is 2.61. The number of rotatable bonds is 0. The molecule has 0 aromatic heterocycles. The molecule has 0 atom stereocenters. The lowest BCUT2D eigenvalue weighted by Gasteiger charge is -2.24. The standard InChI is InChI=1S/C11H12N2.ClH.2H2O/c1-2-5-10-9(4-1)8-13-7-3-6-11(13)12-10;;;/h1-2,4-5H,3,6-8H2;1H;2*1H2. The summed E-state index contributed by atoms with van der Waals surface area (Å²) in [6, 6.07) is 8.44. The highest BCUT2D eigenvalue weighted by Gasteiger charge is 2.23. The third kappa shape index (κ3) is 2.35. The number of aliphatic imine (C=N–C) groups is 1. The van der Waals surface area contributed by atoms with Crippen molar-refractivity contribution in [2.45, 2.75) is 19.4 Å². The number of amidine groups is 1. The molecule has 2 aliphatic rings. The highest BCUT2D eigenvalue weighted by Crippen LogP contribution is 2.29. The van der Waals surface area contributed by atoms with E-state index >= 15 is 0 Å². The molecule has 4 nitrogen and oxygen atoms in total. The van der Waals surface area contributed by atoms with Crippen LogP contribution in [0.4, 0.5) is 5.69 Å². The van der Waals surface area contributed by atoms with E-state index in [2.05, 4.69) is 34.2 Å². The first-order valence-corrected chi connectivity index (χ1v) is 4.84. The summed E-state index contributed by atoms with van der Waals surface area (Å²) in [6.07, 6.45) is 2.43. The number of nitrogens with zero attached hydrogens (tertiary/aromatic N) is 2. The van der Waals surface area contributed by atoms with Gasteiger partial charge in [0.25, 0.3) is 0 Å². The Morgan fingerprint density at radius 3 is 2.69 bits per heavy atom. The third-order valence-corrected chi connectivity index (χ3v) is 2.80. The molecule has 5 heteroatoms. The fraction of sp³-hybridized carbons (Fsp3) is 0.364. The van der Waals surface area contributed by atoms with Gasteiger partial charge in [-0.05, 0) is 18.1 Å². The first-order valence-electron chi connectivity index (χ1n) is 4.84. The van der Waals surface area contributed by atoms with Gasteiger partial charge in [0.1, 0.15) is 5.84 Å². The van der Waals surface area contributed by atoms with Crippen LogP contribution in [0.2, 0.25) is 0 Å². The van der Waals surface area contributed by atoms with E-state index in [9.17, 15) is 0 Å². The molecule has 16 heavy (non-hydrogen) atoms. The topological polar surface area (TPSA) is 78.6 Å². The van der Waals surface area contributed by atoms with Crippen LogP contribution in [0.1, 0.15) is 18.4 Å². The van der Waals surface area contributed by atoms with Gasteiger partial charge in [-0.1, -0.05) is 18.2 Å². The van der Waals surface area contributed by atoms with Crippen molar-refractivity contribution in [3.05, 3.63) is 29.8 Å². The minimum atomic E-state index is 0. The highest BCUT2D eigenvalue weighted by atomic mass is 35.5. The Hall–Kier alpha value is -1.10. The Balaban J connectivity index is 0.000000750. The van der Waals surface area contributed by atoms with Crippen molar-refractivity contribution in [3.8, 4) is 0 Å². The largest absolute Gasteiger partial charge is 0.412 e. The van der Waals surface area contributed by atoms with E-state index in [1.54, 1.807) is 0 Å². The number of hydrogen-bond donors (Lipinski definition) is 0. The van der Waals surface area contributed by atoms with Crippen molar-refractivity contribution >= 4 is 23.9 Å². The van der Waals surface area contributed by atoms with Gasteiger partial charge in [-0.2, -0.15) is 0 Å². The number of benzene rings is 1. The summed E-state index contributed by atoms with van der Waals surface area (Å²) < 4.78 is 0. The molecule has 1 saturated heterocycles. The van der Waals surface area contributed by atoms with Crippen LogP contribution in [0.15, 0.2) is 29.3 Å². The van der Waals surface area contributed by atoms with E-state index in [0.29, 0.717) is 0 Å². The van der Waals surface area contributed by atoms with Crippen molar-refractivity contribution in [1.29, 1.82) is 0 Å². The first-order chi connectivity index (χ1) is 6.43. The lowest BCUT2D eigenvalue weighted by molar-refractivity contribution is 0.443. The predicted molar refractivity (Wildman–Crippen MR) is 67.7 cm³/mol. The van der Waals surface area contributed by atoms with Crippen molar-refractivity contribution in [2.75, 3.05) is 6.54 Å². The molecule has 0 aliphatic carbocycles. The van der Waals surface area contributed by atoms with Gasteiger partial charge >= 0.3 is 0 Å². The number of para-hydroxylation sites is 1. The zero-order chi connectivity index (χ0) is 8.67. The van der Waals surface area contributed by atoms with Crippen LogP contribution in [-0.2, 0) is 6.54 Å². The molecule has 0 amide bonds. The Kier molecular flexibility index (Phi) is 5.44. The smallest absolute Gasteiger partial charge is 0.105 e. The number of hydrogen-bond acceptors (Lipinski definition) is 2. The van der Waals surface area contributed by atoms with Crippen LogP contribution in [0.3, 0.4) is 0 Å². The summed E-state index contributed by atoms with van der Waals surface area (Å²) >= 11 is 0. The molecule has 2 aliphatic heterocycles. The summed E-state index contributed by atoms with van der Waals surface area (Å²) in [6.45, 7) is 2.25. The normalized spacial score (nSPS) is 15.8. The van der Waals surface area contributed by atoms with Crippen LogP contribution >= 0.6 is 12.4 Å². The highest BCUT2D eigenvalue weighted by molar-refractivity contribution is 5.88. The number of fused-ring (bicyclic) bond motifs is 2. The van der Waals surface area contributed by atoms with Crippen LogP contribution in [-0.4, -0.2) is 28.2 Å². The Morgan fingerprint density at radius 2 is 1.88 bits per heavy atom. The van der Waals surface area contributed by atoms with Crippen LogP contribution < -0.4 is 0 Å². The molecule has 4 N–H and O–H groups in total. The molecule has 90 valence electrons. The van der Waals surface area contributed by atoms with Crippen molar-refractivity contribution in [1.82, 2.24) is 4.90 Å². The van der Waals surface area contributed by atoms with Gasteiger partial charge in [-0.15, -0.1) is 12.4 Å². The molecule has 1 aromatic rings. The molecule has 0 saturated carbocycles. The van der Waals surface area contributed by atoms with E-state index in [1.807, 2.05) is 0 Å². The second kappa shape index (κ2) is 5.84. The van der Waals surface area contributed by atoms with Crippen LogP contribution in [0.25, 0.3) is 0 Å². The van der Waals surface area contributed by atoms with Crippen LogP contribution in [0, 0.1) is 0 Å². The lowest BCUT2D eigenvalue weighted by Crippen LogP contribution is -2.26.